The molecule has 2 rings (SSSR count). The number of amides is 1. The lowest BCUT2D eigenvalue weighted by atomic mass is 10.3. The molecule has 6 heteroatoms. The van der Waals surface area contributed by atoms with Crippen molar-refractivity contribution in [2.45, 2.75) is 12.5 Å². The number of nitrogens with zero attached hydrogens (tertiary/aromatic N) is 3. The van der Waals surface area contributed by atoms with Crippen molar-refractivity contribution in [3.05, 3.63) is 18.1 Å². The summed E-state index contributed by atoms with van der Waals surface area (Å²) in [6, 6.07) is 0.498. The van der Waals surface area contributed by atoms with Crippen molar-refractivity contribution in [3.8, 4) is 0 Å². The zero-order chi connectivity index (χ0) is 11.5. The molecule has 0 saturated carbocycles. The molecule has 1 unspecified atom stereocenters. The molecular formula is C10H15N5O. The van der Waals surface area contributed by atoms with E-state index < -0.39 is 5.91 Å². The van der Waals surface area contributed by atoms with Crippen LogP contribution in [0.2, 0.25) is 0 Å². The molecule has 86 valence electrons. The Balaban J connectivity index is 2.08. The zero-order valence-corrected chi connectivity index (χ0v) is 9.18. The molecule has 1 aromatic rings. The highest BCUT2D eigenvalue weighted by molar-refractivity contribution is 5.90. The van der Waals surface area contributed by atoms with Gasteiger partial charge < -0.3 is 16.0 Å². The van der Waals surface area contributed by atoms with E-state index in [2.05, 4.69) is 20.2 Å². The maximum Gasteiger partial charge on any atom is 0.268 e. The van der Waals surface area contributed by atoms with Gasteiger partial charge in [0.2, 0.25) is 0 Å². The first-order chi connectivity index (χ1) is 7.70. The topological polar surface area (TPSA) is 84.1 Å². The van der Waals surface area contributed by atoms with E-state index in [0.29, 0.717) is 6.04 Å². The Bertz CT molecular complexity index is 377. The molecular weight excluding hydrogens is 206 g/mol. The maximum absolute atomic E-state index is 10.8. The molecule has 2 heterocycles. The van der Waals surface area contributed by atoms with E-state index in [4.69, 9.17) is 5.73 Å². The predicted molar refractivity (Wildman–Crippen MR) is 60.2 cm³/mol. The van der Waals surface area contributed by atoms with Crippen molar-refractivity contribution in [2.24, 2.45) is 5.73 Å². The van der Waals surface area contributed by atoms with Crippen LogP contribution in [0.25, 0.3) is 0 Å². The monoisotopic (exact) mass is 221 g/mol. The van der Waals surface area contributed by atoms with Crippen molar-refractivity contribution in [1.82, 2.24) is 15.3 Å². The molecule has 6 nitrogen and oxygen atoms in total. The van der Waals surface area contributed by atoms with Crippen LogP contribution in [0.1, 0.15) is 16.9 Å². The summed E-state index contributed by atoms with van der Waals surface area (Å²) in [5.41, 5.74) is 5.30. The van der Waals surface area contributed by atoms with Crippen LogP contribution in [-0.2, 0) is 0 Å². The van der Waals surface area contributed by atoms with Gasteiger partial charge in [-0.15, -0.1) is 0 Å². The molecule has 1 atom stereocenters. The first-order valence-corrected chi connectivity index (χ1v) is 5.24. The van der Waals surface area contributed by atoms with Crippen LogP contribution in [0.5, 0.6) is 0 Å². The van der Waals surface area contributed by atoms with Crippen molar-refractivity contribution in [1.29, 1.82) is 0 Å². The molecule has 1 aliphatic heterocycles. The minimum absolute atomic E-state index is 0.202. The Morgan fingerprint density at radius 3 is 2.88 bits per heavy atom. The quantitative estimate of drug-likeness (QED) is 0.710. The molecule has 16 heavy (non-hydrogen) atoms. The average Bonchev–Trinajstić information content (AvgIpc) is 2.77. The number of aromatic nitrogens is 2. The normalized spacial score (nSPS) is 20.1. The van der Waals surface area contributed by atoms with Crippen LogP contribution in [-0.4, -0.2) is 42.1 Å². The third-order valence-electron chi connectivity index (χ3n) is 2.81. The summed E-state index contributed by atoms with van der Waals surface area (Å²) < 4.78 is 0. The summed E-state index contributed by atoms with van der Waals surface area (Å²) in [6.45, 7) is 1.87. The van der Waals surface area contributed by atoms with Gasteiger partial charge in [-0.05, 0) is 13.5 Å². The first kappa shape index (κ1) is 10.8. The highest BCUT2D eigenvalue weighted by Crippen LogP contribution is 2.16. The molecule has 0 aromatic carbocycles. The lowest BCUT2D eigenvalue weighted by Gasteiger charge is -2.16. The standard InChI is InChI=1S/C10H15N5O/c1-12-7-2-3-15(6-7)9-5-13-8(4-14-9)10(11)16/h4-5,7,12H,2-3,6H2,1H3,(H2,11,16). The van der Waals surface area contributed by atoms with E-state index in [-0.39, 0.29) is 5.69 Å². The molecule has 0 spiro atoms. The molecule has 1 fully saturated rings. The van der Waals surface area contributed by atoms with E-state index in [1.165, 1.54) is 6.20 Å². The molecule has 0 radical (unpaired) electrons. The van der Waals surface area contributed by atoms with Crippen LogP contribution in [0.3, 0.4) is 0 Å². The molecule has 1 amide bonds. The number of carbonyl (C=O) groups is 1. The summed E-state index contributed by atoms with van der Waals surface area (Å²) in [4.78, 5) is 21.1. The van der Waals surface area contributed by atoms with Gasteiger partial charge in [-0.2, -0.15) is 0 Å². The number of likely N-dealkylation sites (N-methyl/N-ethyl adjacent to an activating group) is 1. The summed E-state index contributed by atoms with van der Waals surface area (Å²) in [5, 5.41) is 3.23. The number of nitrogens with one attached hydrogen (secondary N) is 1. The zero-order valence-electron chi connectivity index (χ0n) is 9.18. The van der Waals surface area contributed by atoms with Crippen molar-refractivity contribution in [2.75, 3.05) is 25.0 Å². The van der Waals surface area contributed by atoms with Gasteiger partial charge in [0.05, 0.1) is 12.4 Å². The fraction of sp³-hybridized carbons (Fsp3) is 0.500. The molecule has 3 N–H and O–H groups in total. The van der Waals surface area contributed by atoms with Gasteiger partial charge in [0, 0.05) is 19.1 Å². The van der Waals surface area contributed by atoms with Crippen molar-refractivity contribution >= 4 is 11.7 Å². The molecule has 1 saturated heterocycles. The number of anilines is 1. The minimum atomic E-state index is -0.548. The lowest BCUT2D eigenvalue weighted by molar-refractivity contribution is 0.0995. The SMILES string of the molecule is CNC1CCN(c2cnc(C(N)=O)cn2)C1. The second kappa shape index (κ2) is 4.44. The Labute approximate surface area is 93.9 Å². The summed E-state index contributed by atoms with van der Waals surface area (Å²) >= 11 is 0. The van der Waals surface area contributed by atoms with Crippen LogP contribution < -0.4 is 16.0 Å². The van der Waals surface area contributed by atoms with Gasteiger partial charge in [0.15, 0.2) is 0 Å². The van der Waals surface area contributed by atoms with Crippen LogP contribution in [0, 0.1) is 0 Å². The third-order valence-corrected chi connectivity index (χ3v) is 2.81. The summed E-state index contributed by atoms with van der Waals surface area (Å²) in [7, 11) is 1.95. The van der Waals surface area contributed by atoms with Crippen LogP contribution >= 0.6 is 0 Å². The second-order valence-electron chi connectivity index (χ2n) is 3.84. The number of hydrogen-bond donors (Lipinski definition) is 2. The number of carbonyl (C=O) groups excluding carboxylic acids is 1. The Morgan fingerprint density at radius 1 is 1.56 bits per heavy atom. The van der Waals surface area contributed by atoms with Gasteiger partial charge in [0.25, 0.3) is 5.91 Å². The third kappa shape index (κ3) is 2.11. The highest BCUT2D eigenvalue weighted by Gasteiger charge is 2.22. The Kier molecular flexibility index (Phi) is 3.00. The highest BCUT2D eigenvalue weighted by atomic mass is 16.1. The lowest BCUT2D eigenvalue weighted by Crippen LogP contribution is -2.30. The van der Waals surface area contributed by atoms with Gasteiger partial charge in [0.1, 0.15) is 11.5 Å². The first-order valence-electron chi connectivity index (χ1n) is 5.24. The van der Waals surface area contributed by atoms with Crippen molar-refractivity contribution < 1.29 is 4.79 Å². The van der Waals surface area contributed by atoms with E-state index >= 15 is 0 Å². The number of hydrogen-bond acceptors (Lipinski definition) is 5. The van der Waals surface area contributed by atoms with Crippen LogP contribution in [0.15, 0.2) is 12.4 Å². The molecule has 0 bridgehead atoms. The smallest absolute Gasteiger partial charge is 0.268 e. The summed E-state index contributed by atoms with van der Waals surface area (Å²) in [6.07, 6.45) is 4.11. The largest absolute Gasteiger partial charge is 0.364 e. The molecule has 0 aliphatic carbocycles. The maximum atomic E-state index is 10.8. The predicted octanol–water partition coefficient (Wildman–Crippen LogP) is -0.626. The van der Waals surface area contributed by atoms with Gasteiger partial charge >= 0.3 is 0 Å². The van der Waals surface area contributed by atoms with E-state index in [1.807, 2.05) is 7.05 Å². The van der Waals surface area contributed by atoms with Crippen LogP contribution in [0.4, 0.5) is 5.82 Å². The fourth-order valence-electron chi connectivity index (χ4n) is 1.82. The molecule has 1 aliphatic rings. The average molecular weight is 221 g/mol. The van der Waals surface area contributed by atoms with Gasteiger partial charge in [-0.1, -0.05) is 0 Å². The summed E-state index contributed by atoms with van der Waals surface area (Å²) in [5.74, 6) is 0.247. The van der Waals surface area contributed by atoms with E-state index in [0.717, 1.165) is 25.3 Å². The second-order valence-corrected chi connectivity index (χ2v) is 3.84. The Morgan fingerprint density at radius 2 is 2.38 bits per heavy atom. The molecule has 1 aromatic heterocycles. The Hall–Kier alpha value is -1.69. The van der Waals surface area contributed by atoms with Gasteiger partial charge in [-0.3, -0.25) is 4.79 Å². The fourth-order valence-corrected chi connectivity index (χ4v) is 1.82. The number of primary amides is 1. The number of nitrogens with two attached hydrogens (primary N) is 1. The van der Waals surface area contributed by atoms with E-state index in [1.54, 1.807) is 6.20 Å². The van der Waals surface area contributed by atoms with E-state index in [9.17, 15) is 4.79 Å². The minimum Gasteiger partial charge on any atom is -0.364 e. The van der Waals surface area contributed by atoms with Gasteiger partial charge in [-0.25, -0.2) is 9.97 Å². The number of rotatable bonds is 3. The van der Waals surface area contributed by atoms with Crippen molar-refractivity contribution in [3.63, 3.8) is 0 Å².